The van der Waals surface area contributed by atoms with Crippen molar-refractivity contribution < 1.29 is 9.90 Å². The second kappa shape index (κ2) is 5.81. The zero-order valence-electron chi connectivity index (χ0n) is 12.9. The molecule has 0 spiro atoms. The number of likely N-dealkylation sites (N-methyl/N-ethyl adjacent to an activating group) is 1. The van der Waals surface area contributed by atoms with Gasteiger partial charge in [-0.05, 0) is 25.2 Å². The summed E-state index contributed by atoms with van der Waals surface area (Å²) in [5, 5.41) is 9.17. The van der Waals surface area contributed by atoms with Crippen LogP contribution in [0.5, 0.6) is 0 Å². The summed E-state index contributed by atoms with van der Waals surface area (Å²) >= 11 is 0. The third-order valence-electron chi connectivity index (χ3n) is 4.11. The average molecular weight is 300 g/mol. The van der Waals surface area contributed by atoms with Gasteiger partial charge in [-0.1, -0.05) is 26.0 Å². The highest BCUT2D eigenvalue weighted by molar-refractivity contribution is 5.88. The second-order valence-electron chi connectivity index (χ2n) is 5.27. The first-order valence-corrected chi connectivity index (χ1v) is 7.57. The fourth-order valence-corrected chi connectivity index (χ4v) is 2.85. The minimum Gasteiger partial charge on any atom is -0.476 e. The van der Waals surface area contributed by atoms with Crippen LogP contribution in [0.1, 0.15) is 24.3 Å². The first-order valence-electron chi connectivity index (χ1n) is 7.57. The van der Waals surface area contributed by atoms with Crippen LogP contribution in [-0.4, -0.2) is 49.6 Å². The summed E-state index contributed by atoms with van der Waals surface area (Å²) < 4.78 is 3.96. The summed E-state index contributed by atoms with van der Waals surface area (Å²) in [6.45, 7) is 7.99. The number of imidazole rings is 2. The number of para-hydroxylation sites is 2. The minimum atomic E-state index is -0.997. The molecule has 0 atom stereocenters. The third kappa shape index (κ3) is 2.35. The summed E-state index contributed by atoms with van der Waals surface area (Å²) in [6, 6.07) is 7.99. The first kappa shape index (κ1) is 14.6. The fourth-order valence-electron chi connectivity index (χ4n) is 2.85. The van der Waals surface area contributed by atoms with Crippen molar-refractivity contribution in [3.63, 3.8) is 0 Å². The molecule has 3 aromatic rings. The molecule has 1 aromatic carbocycles. The Morgan fingerprint density at radius 2 is 1.91 bits per heavy atom. The van der Waals surface area contributed by atoms with Gasteiger partial charge in [0, 0.05) is 19.3 Å². The summed E-state index contributed by atoms with van der Waals surface area (Å²) in [4.78, 5) is 17.8. The largest absolute Gasteiger partial charge is 0.476 e. The van der Waals surface area contributed by atoms with Gasteiger partial charge in [0.2, 0.25) is 5.78 Å². The van der Waals surface area contributed by atoms with Gasteiger partial charge in [-0.15, -0.1) is 0 Å². The van der Waals surface area contributed by atoms with Gasteiger partial charge in [0.05, 0.1) is 11.0 Å². The number of benzene rings is 1. The van der Waals surface area contributed by atoms with E-state index >= 15 is 0 Å². The molecule has 116 valence electrons. The van der Waals surface area contributed by atoms with Gasteiger partial charge in [0.15, 0.2) is 5.69 Å². The standard InChI is InChI=1S/C16H20N4O2/c1-3-18(4-2)9-10-19-13-7-5-6-8-14(13)20-11-12(15(21)22)17-16(19)20/h5-8,11H,3-4,9-10H2,1-2H3,(H,21,22). The molecule has 0 unspecified atom stereocenters. The molecule has 0 aliphatic rings. The molecular formula is C16H20N4O2. The maximum Gasteiger partial charge on any atom is 0.356 e. The fraction of sp³-hybridized carbons (Fsp3) is 0.375. The van der Waals surface area contributed by atoms with Crippen molar-refractivity contribution in [1.29, 1.82) is 0 Å². The van der Waals surface area contributed by atoms with E-state index in [4.69, 9.17) is 5.11 Å². The molecule has 0 fully saturated rings. The van der Waals surface area contributed by atoms with Crippen molar-refractivity contribution in [2.24, 2.45) is 0 Å². The van der Waals surface area contributed by atoms with Crippen molar-refractivity contribution in [3.8, 4) is 0 Å². The molecule has 22 heavy (non-hydrogen) atoms. The molecule has 2 aromatic heterocycles. The Kier molecular flexibility index (Phi) is 3.85. The molecule has 1 N–H and O–H groups in total. The summed E-state index contributed by atoms with van der Waals surface area (Å²) in [5.74, 6) is -0.311. The maximum absolute atomic E-state index is 11.2. The van der Waals surface area contributed by atoms with Crippen LogP contribution in [0.4, 0.5) is 0 Å². The topological polar surface area (TPSA) is 62.8 Å². The van der Waals surface area contributed by atoms with Crippen LogP contribution in [0.2, 0.25) is 0 Å². The highest BCUT2D eigenvalue weighted by Crippen LogP contribution is 2.21. The van der Waals surface area contributed by atoms with E-state index in [1.54, 1.807) is 6.20 Å². The highest BCUT2D eigenvalue weighted by Gasteiger charge is 2.16. The number of hydrogen-bond acceptors (Lipinski definition) is 3. The van der Waals surface area contributed by atoms with Gasteiger partial charge in [-0.25, -0.2) is 9.78 Å². The van der Waals surface area contributed by atoms with Crippen LogP contribution >= 0.6 is 0 Å². The molecule has 0 saturated heterocycles. The lowest BCUT2D eigenvalue weighted by Gasteiger charge is -2.18. The molecule has 0 radical (unpaired) electrons. The Labute approximate surface area is 128 Å². The van der Waals surface area contributed by atoms with Crippen LogP contribution in [0.25, 0.3) is 16.8 Å². The smallest absolute Gasteiger partial charge is 0.356 e. The zero-order valence-corrected chi connectivity index (χ0v) is 12.9. The van der Waals surface area contributed by atoms with Crippen molar-refractivity contribution in [3.05, 3.63) is 36.2 Å². The van der Waals surface area contributed by atoms with E-state index in [1.807, 2.05) is 28.7 Å². The SMILES string of the molecule is CCN(CC)CCn1c2ccccc2n2cc(C(=O)O)nc12. The molecule has 0 aliphatic carbocycles. The first-order chi connectivity index (χ1) is 10.7. The average Bonchev–Trinajstić information content (AvgIpc) is 3.07. The Hall–Kier alpha value is -2.34. The van der Waals surface area contributed by atoms with Crippen molar-refractivity contribution in [1.82, 2.24) is 18.9 Å². The van der Waals surface area contributed by atoms with Gasteiger partial charge in [-0.3, -0.25) is 4.40 Å². The summed E-state index contributed by atoms with van der Waals surface area (Å²) in [7, 11) is 0. The van der Waals surface area contributed by atoms with Gasteiger partial charge < -0.3 is 14.6 Å². The van der Waals surface area contributed by atoms with E-state index in [0.717, 1.165) is 37.2 Å². The number of fused-ring (bicyclic) bond motifs is 3. The van der Waals surface area contributed by atoms with Crippen molar-refractivity contribution >= 4 is 22.8 Å². The minimum absolute atomic E-state index is 0.0809. The second-order valence-corrected chi connectivity index (χ2v) is 5.27. The molecule has 6 heteroatoms. The van der Waals surface area contributed by atoms with Crippen LogP contribution in [-0.2, 0) is 6.54 Å². The molecule has 2 heterocycles. The van der Waals surface area contributed by atoms with Gasteiger partial charge in [-0.2, -0.15) is 0 Å². The van der Waals surface area contributed by atoms with E-state index in [1.165, 1.54) is 0 Å². The highest BCUT2D eigenvalue weighted by atomic mass is 16.4. The van der Waals surface area contributed by atoms with Gasteiger partial charge in [0.25, 0.3) is 0 Å². The van der Waals surface area contributed by atoms with E-state index < -0.39 is 5.97 Å². The number of carboxylic acid groups (broad SMARTS) is 1. The molecule has 6 nitrogen and oxygen atoms in total. The molecule has 0 aliphatic heterocycles. The Morgan fingerprint density at radius 1 is 1.23 bits per heavy atom. The number of hydrogen-bond donors (Lipinski definition) is 1. The predicted molar refractivity (Wildman–Crippen MR) is 85.4 cm³/mol. The molecule has 3 rings (SSSR count). The molecular weight excluding hydrogens is 280 g/mol. The maximum atomic E-state index is 11.2. The zero-order chi connectivity index (χ0) is 15.7. The lowest BCUT2D eigenvalue weighted by molar-refractivity contribution is 0.0691. The number of nitrogens with zero attached hydrogens (tertiary/aromatic N) is 4. The lowest BCUT2D eigenvalue weighted by Crippen LogP contribution is -2.27. The van der Waals surface area contributed by atoms with E-state index in [-0.39, 0.29) is 5.69 Å². The van der Waals surface area contributed by atoms with Crippen LogP contribution in [0, 0.1) is 0 Å². The summed E-state index contributed by atoms with van der Waals surface area (Å²) in [6.07, 6.45) is 1.59. The molecule has 0 bridgehead atoms. The Morgan fingerprint density at radius 3 is 2.55 bits per heavy atom. The number of rotatable bonds is 6. The van der Waals surface area contributed by atoms with Crippen LogP contribution in [0.15, 0.2) is 30.5 Å². The Balaban J connectivity index is 2.10. The number of carbonyl (C=O) groups is 1. The van der Waals surface area contributed by atoms with Crippen molar-refractivity contribution in [2.45, 2.75) is 20.4 Å². The molecule has 0 amide bonds. The van der Waals surface area contributed by atoms with E-state index in [2.05, 4.69) is 28.3 Å². The monoisotopic (exact) mass is 300 g/mol. The Bertz CT molecular complexity index is 814. The number of aromatic carboxylic acids is 1. The summed E-state index contributed by atoms with van der Waals surface area (Å²) in [5.41, 5.74) is 2.14. The van der Waals surface area contributed by atoms with Crippen LogP contribution in [0.3, 0.4) is 0 Å². The van der Waals surface area contributed by atoms with E-state index in [9.17, 15) is 4.79 Å². The predicted octanol–water partition coefficient (Wildman–Crippen LogP) is 2.33. The normalized spacial score (nSPS) is 11.8. The van der Waals surface area contributed by atoms with Crippen molar-refractivity contribution in [2.75, 3.05) is 19.6 Å². The third-order valence-corrected chi connectivity index (χ3v) is 4.11. The van der Waals surface area contributed by atoms with Crippen LogP contribution < -0.4 is 0 Å². The van der Waals surface area contributed by atoms with E-state index in [0.29, 0.717) is 5.78 Å². The lowest BCUT2D eigenvalue weighted by atomic mass is 10.3. The van der Waals surface area contributed by atoms with Gasteiger partial charge >= 0.3 is 5.97 Å². The quantitative estimate of drug-likeness (QED) is 0.759. The molecule has 0 saturated carbocycles. The number of carboxylic acids is 1. The van der Waals surface area contributed by atoms with Gasteiger partial charge in [0.1, 0.15) is 0 Å². The number of aromatic nitrogens is 3.